The quantitative estimate of drug-likeness (QED) is 0.365. The maximum Gasteiger partial charge on any atom is 0.270 e. The van der Waals surface area contributed by atoms with Crippen LogP contribution in [0.4, 0.5) is 5.69 Å². The van der Waals surface area contributed by atoms with E-state index in [9.17, 15) is 19.7 Å². The molecule has 31 heavy (non-hydrogen) atoms. The molecule has 3 aromatic heterocycles. The Morgan fingerprint density at radius 2 is 1.97 bits per heavy atom. The number of nitro benzene ring substituents is 1. The first kappa shape index (κ1) is 20.2. The first-order valence-electron chi connectivity index (χ1n) is 9.23. The first-order chi connectivity index (χ1) is 15.0. The predicted molar refractivity (Wildman–Crippen MR) is 115 cm³/mol. The first-order valence-corrected chi connectivity index (χ1v) is 10.1. The summed E-state index contributed by atoms with van der Waals surface area (Å²) in [4.78, 5) is 41.1. The maximum absolute atomic E-state index is 12.9. The number of amides is 2. The van der Waals surface area contributed by atoms with Crippen LogP contribution in [0.3, 0.4) is 0 Å². The number of aryl methyl sites for hydroxylation is 1. The van der Waals surface area contributed by atoms with E-state index < -0.39 is 16.7 Å². The number of fused-ring (bicyclic) bond motifs is 1. The van der Waals surface area contributed by atoms with Gasteiger partial charge in [-0.3, -0.25) is 30.6 Å². The van der Waals surface area contributed by atoms with Crippen molar-refractivity contribution in [3.63, 3.8) is 0 Å². The van der Waals surface area contributed by atoms with E-state index in [1.165, 1.54) is 29.5 Å². The monoisotopic (exact) mass is 436 g/mol. The highest BCUT2D eigenvalue weighted by atomic mass is 32.1. The Kier molecular flexibility index (Phi) is 5.41. The van der Waals surface area contributed by atoms with E-state index in [1.54, 1.807) is 16.9 Å². The third-order valence-corrected chi connectivity index (χ3v) is 5.43. The van der Waals surface area contributed by atoms with Crippen molar-refractivity contribution in [2.24, 2.45) is 0 Å². The molecule has 10 nitrogen and oxygen atoms in total. The number of rotatable bonds is 5. The van der Waals surface area contributed by atoms with Gasteiger partial charge in [0.05, 0.1) is 32.6 Å². The van der Waals surface area contributed by atoms with E-state index >= 15 is 0 Å². The van der Waals surface area contributed by atoms with Crippen molar-refractivity contribution in [2.45, 2.75) is 13.5 Å². The molecule has 0 atom stereocenters. The number of hydrogen-bond acceptors (Lipinski definition) is 7. The summed E-state index contributed by atoms with van der Waals surface area (Å²) < 4.78 is 1.69. The lowest BCUT2D eigenvalue weighted by molar-refractivity contribution is -0.384. The second kappa shape index (κ2) is 8.32. The van der Waals surface area contributed by atoms with Gasteiger partial charge >= 0.3 is 0 Å². The number of nitrogens with zero attached hydrogens (tertiary/aromatic N) is 4. The molecule has 2 amide bonds. The number of pyridine rings is 1. The van der Waals surface area contributed by atoms with Crippen molar-refractivity contribution in [3.05, 3.63) is 75.3 Å². The average Bonchev–Trinajstić information content (AvgIpc) is 3.46. The second-order valence-corrected chi connectivity index (χ2v) is 7.39. The molecule has 0 aliphatic heterocycles. The fourth-order valence-electron chi connectivity index (χ4n) is 3.03. The summed E-state index contributed by atoms with van der Waals surface area (Å²) in [6.45, 7) is 2.50. The molecular formula is C20H16N6O4S. The molecule has 3 heterocycles. The predicted octanol–water partition coefficient (Wildman–Crippen LogP) is 3.16. The number of carbonyl (C=O) groups excluding carboxylic acids is 2. The summed E-state index contributed by atoms with van der Waals surface area (Å²) in [6, 6.07) is 10.7. The molecule has 0 saturated carbocycles. The van der Waals surface area contributed by atoms with Gasteiger partial charge in [-0.15, -0.1) is 11.3 Å². The molecule has 0 bridgehead atoms. The lowest BCUT2D eigenvalue weighted by Gasteiger charge is -2.10. The van der Waals surface area contributed by atoms with Crippen LogP contribution in [0.15, 0.2) is 54.0 Å². The summed E-state index contributed by atoms with van der Waals surface area (Å²) in [5.74, 6) is -1.23. The van der Waals surface area contributed by atoms with Gasteiger partial charge in [0, 0.05) is 24.2 Å². The number of hydrazine groups is 1. The normalized spacial score (nSPS) is 10.7. The van der Waals surface area contributed by atoms with Gasteiger partial charge in [0.1, 0.15) is 0 Å². The highest BCUT2D eigenvalue weighted by Crippen LogP contribution is 2.28. The molecule has 0 spiro atoms. The molecule has 1 aromatic carbocycles. The van der Waals surface area contributed by atoms with Crippen LogP contribution in [0.2, 0.25) is 0 Å². The van der Waals surface area contributed by atoms with Gasteiger partial charge in [-0.05, 0) is 30.5 Å². The minimum atomic E-state index is -0.676. The molecular weight excluding hydrogens is 420 g/mol. The van der Waals surface area contributed by atoms with Crippen LogP contribution in [0.5, 0.6) is 0 Å². The highest BCUT2D eigenvalue weighted by Gasteiger charge is 2.19. The van der Waals surface area contributed by atoms with Crippen molar-refractivity contribution in [1.82, 2.24) is 25.6 Å². The number of non-ortho nitro benzene ring substituents is 1. The Morgan fingerprint density at radius 1 is 1.16 bits per heavy atom. The number of aromatic nitrogens is 3. The van der Waals surface area contributed by atoms with Crippen LogP contribution in [0.1, 0.15) is 27.6 Å². The fraction of sp³-hybridized carbons (Fsp3) is 0.100. The van der Waals surface area contributed by atoms with Crippen LogP contribution < -0.4 is 10.9 Å². The standard InChI is InChI=1S/C20H16N6O4S/c1-2-25-18-15(11-21-25)14(10-16(22-18)17-7-4-8-31-17)20(28)24-23-19(27)12-5-3-6-13(9-12)26(29)30/h3-11H,2H2,1H3,(H,23,27)(H,24,28). The summed E-state index contributed by atoms with van der Waals surface area (Å²) in [6.07, 6.45) is 1.56. The topological polar surface area (TPSA) is 132 Å². The molecule has 156 valence electrons. The summed E-state index contributed by atoms with van der Waals surface area (Å²) >= 11 is 1.49. The number of benzene rings is 1. The average molecular weight is 436 g/mol. The number of nitrogens with one attached hydrogen (secondary N) is 2. The Balaban J connectivity index is 1.61. The number of thiophene rings is 1. The SMILES string of the molecule is CCn1ncc2c(C(=O)NNC(=O)c3cccc([N+](=O)[O-])c3)cc(-c3cccs3)nc21. The van der Waals surface area contributed by atoms with Crippen LogP contribution in [-0.2, 0) is 6.54 Å². The molecule has 0 fully saturated rings. The van der Waals surface area contributed by atoms with Gasteiger partial charge in [-0.1, -0.05) is 12.1 Å². The van der Waals surface area contributed by atoms with Crippen LogP contribution >= 0.6 is 11.3 Å². The summed E-state index contributed by atoms with van der Waals surface area (Å²) in [5.41, 5.74) is 5.97. The van der Waals surface area contributed by atoms with Crippen molar-refractivity contribution < 1.29 is 14.5 Å². The second-order valence-electron chi connectivity index (χ2n) is 6.45. The van der Waals surface area contributed by atoms with Gasteiger partial charge in [0.15, 0.2) is 5.65 Å². The smallest absolute Gasteiger partial charge is 0.267 e. The van der Waals surface area contributed by atoms with E-state index in [2.05, 4.69) is 20.9 Å². The fourth-order valence-corrected chi connectivity index (χ4v) is 3.72. The van der Waals surface area contributed by atoms with Gasteiger partial charge in [-0.25, -0.2) is 9.67 Å². The molecule has 0 saturated heterocycles. The molecule has 2 N–H and O–H groups in total. The number of carbonyl (C=O) groups is 2. The van der Waals surface area contributed by atoms with Crippen molar-refractivity contribution in [3.8, 4) is 10.6 Å². The highest BCUT2D eigenvalue weighted by molar-refractivity contribution is 7.13. The van der Waals surface area contributed by atoms with Crippen LogP contribution in [0.25, 0.3) is 21.6 Å². The molecule has 4 aromatic rings. The minimum Gasteiger partial charge on any atom is -0.267 e. The van der Waals surface area contributed by atoms with Crippen molar-refractivity contribution in [2.75, 3.05) is 0 Å². The Hall–Kier alpha value is -4.12. The zero-order valence-corrected chi connectivity index (χ0v) is 17.0. The van der Waals surface area contributed by atoms with E-state index in [0.29, 0.717) is 28.8 Å². The van der Waals surface area contributed by atoms with E-state index in [-0.39, 0.29) is 11.3 Å². The molecule has 4 rings (SSSR count). The Morgan fingerprint density at radius 3 is 2.68 bits per heavy atom. The Labute approximate surface area is 179 Å². The van der Waals surface area contributed by atoms with E-state index in [1.807, 2.05) is 24.4 Å². The minimum absolute atomic E-state index is 0.0486. The zero-order chi connectivity index (χ0) is 22.0. The van der Waals surface area contributed by atoms with Crippen molar-refractivity contribution in [1.29, 1.82) is 0 Å². The molecule has 0 aliphatic rings. The van der Waals surface area contributed by atoms with Gasteiger partial charge in [0.2, 0.25) is 0 Å². The van der Waals surface area contributed by atoms with Crippen LogP contribution in [0, 0.1) is 10.1 Å². The van der Waals surface area contributed by atoms with Crippen LogP contribution in [-0.4, -0.2) is 31.5 Å². The third-order valence-electron chi connectivity index (χ3n) is 4.54. The zero-order valence-electron chi connectivity index (χ0n) is 16.2. The van der Waals surface area contributed by atoms with Gasteiger partial charge in [-0.2, -0.15) is 5.10 Å². The Bertz CT molecular complexity index is 1300. The molecule has 0 radical (unpaired) electrons. The van der Waals surface area contributed by atoms with Gasteiger partial charge < -0.3 is 0 Å². The van der Waals surface area contributed by atoms with Crippen molar-refractivity contribution >= 4 is 39.9 Å². The number of nitro groups is 1. The largest absolute Gasteiger partial charge is 0.270 e. The van der Waals surface area contributed by atoms with E-state index in [4.69, 9.17) is 0 Å². The molecule has 0 unspecified atom stereocenters. The maximum atomic E-state index is 12.9. The summed E-state index contributed by atoms with van der Waals surface area (Å²) in [7, 11) is 0. The lowest BCUT2D eigenvalue weighted by atomic mass is 10.1. The third kappa shape index (κ3) is 3.98. The summed E-state index contributed by atoms with van der Waals surface area (Å²) in [5, 5.41) is 17.6. The van der Waals surface area contributed by atoms with Gasteiger partial charge in [0.25, 0.3) is 17.5 Å². The molecule has 11 heteroatoms. The lowest BCUT2D eigenvalue weighted by Crippen LogP contribution is -2.41. The van der Waals surface area contributed by atoms with E-state index in [0.717, 1.165) is 10.9 Å². The number of hydrogen-bond donors (Lipinski definition) is 2. The molecule has 0 aliphatic carbocycles.